The normalized spacial score (nSPS) is 10.9. The van der Waals surface area contributed by atoms with Crippen LogP contribution in [-0.2, 0) is 6.54 Å². The van der Waals surface area contributed by atoms with Crippen molar-refractivity contribution in [1.82, 2.24) is 19.7 Å². The van der Waals surface area contributed by atoms with Crippen LogP contribution in [0.15, 0.2) is 22.6 Å². The largest absolute Gasteiger partial charge is 0.279 e. The van der Waals surface area contributed by atoms with Crippen molar-refractivity contribution in [1.29, 1.82) is 0 Å². The van der Waals surface area contributed by atoms with Gasteiger partial charge >= 0.3 is 0 Å². The molecule has 0 aliphatic rings. The summed E-state index contributed by atoms with van der Waals surface area (Å²) in [4.78, 5) is 20.0. The maximum absolute atomic E-state index is 11.9. The van der Waals surface area contributed by atoms with Gasteiger partial charge in [0.25, 0.3) is 5.56 Å². The summed E-state index contributed by atoms with van der Waals surface area (Å²) in [6.45, 7) is 3.96. The van der Waals surface area contributed by atoms with Crippen molar-refractivity contribution in [3.63, 3.8) is 0 Å². The molecule has 5 nitrogen and oxygen atoms in total. The number of halogens is 1. The van der Waals surface area contributed by atoms with E-state index < -0.39 is 0 Å². The van der Waals surface area contributed by atoms with Gasteiger partial charge in [0.1, 0.15) is 10.5 Å². The zero-order valence-corrected chi connectivity index (χ0v) is 10.1. The van der Waals surface area contributed by atoms with Crippen LogP contribution in [0.1, 0.15) is 0 Å². The zero-order chi connectivity index (χ0) is 11.7. The fourth-order valence-corrected chi connectivity index (χ4v) is 2.01. The molecule has 1 N–H and O–H groups in total. The molecule has 0 atom stereocenters. The summed E-state index contributed by atoms with van der Waals surface area (Å²) in [5.74, 6) is 0. The lowest BCUT2D eigenvalue weighted by molar-refractivity contribution is 0.684. The zero-order valence-electron chi connectivity index (χ0n) is 8.53. The van der Waals surface area contributed by atoms with E-state index >= 15 is 0 Å². The maximum atomic E-state index is 11.9. The first-order valence-corrected chi connectivity index (χ1v) is 6.08. The topological polar surface area (TPSA) is 63.6 Å². The van der Waals surface area contributed by atoms with E-state index in [0.717, 1.165) is 0 Å². The molecule has 0 unspecified atom stereocenters. The number of aromatic nitrogens is 4. The molecule has 0 amide bonds. The first-order chi connectivity index (χ1) is 7.67. The van der Waals surface area contributed by atoms with Gasteiger partial charge in [0, 0.05) is 0 Å². The Bertz CT molecular complexity index is 603. The summed E-state index contributed by atoms with van der Waals surface area (Å²) in [6.07, 6.45) is 3.46. The average molecular weight is 257 g/mol. The van der Waals surface area contributed by atoms with Gasteiger partial charge in [-0.05, 0) is 6.26 Å². The third-order valence-corrected chi connectivity index (χ3v) is 2.86. The van der Waals surface area contributed by atoms with E-state index in [1.807, 2.05) is 6.26 Å². The van der Waals surface area contributed by atoms with E-state index in [4.69, 9.17) is 11.6 Å². The van der Waals surface area contributed by atoms with Gasteiger partial charge in [-0.2, -0.15) is 0 Å². The molecule has 84 valence electrons. The van der Waals surface area contributed by atoms with Gasteiger partial charge in [-0.25, -0.2) is 14.6 Å². The minimum Gasteiger partial charge on any atom is -0.278 e. The Balaban J connectivity index is 2.75. The van der Waals surface area contributed by atoms with Crippen molar-refractivity contribution in [2.45, 2.75) is 11.7 Å². The SMILES string of the molecule is C=CCn1[nH]c2nc(SC)nc(Cl)c2c1=O. The smallest absolute Gasteiger partial charge is 0.278 e. The molecule has 0 saturated carbocycles. The lowest BCUT2D eigenvalue weighted by Gasteiger charge is -1.95. The lowest BCUT2D eigenvalue weighted by Crippen LogP contribution is -2.15. The number of H-pyrrole nitrogens is 1. The molecule has 2 aromatic heterocycles. The molecule has 0 aliphatic carbocycles. The highest BCUT2D eigenvalue weighted by Crippen LogP contribution is 2.19. The molecule has 2 rings (SSSR count). The molecule has 16 heavy (non-hydrogen) atoms. The van der Waals surface area contributed by atoms with E-state index in [2.05, 4.69) is 21.6 Å². The van der Waals surface area contributed by atoms with Crippen molar-refractivity contribution in [2.24, 2.45) is 0 Å². The Kier molecular flexibility index (Phi) is 3.02. The molecule has 0 radical (unpaired) electrons. The number of nitrogens with zero attached hydrogens (tertiary/aromatic N) is 3. The van der Waals surface area contributed by atoms with E-state index in [1.165, 1.54) is 16.4 Å². The lowest BCUT2D eigenvalue weighted by atomic mass is 10.4. The van der Waals surface area contributed by atoms with Crippen molar-refractivity contribution < 1.29 is 0 Å². The molecule has 0 fully saturated rings. The Labute approximate surface area is 101 Å². The van der Waals surface area contributed by atoms with Crippen LogP contribution >= 0.6 is 23.4 Å². The molecule has 2 heterocycles. The van der Waals surface area contributed by atoms with Gasteiger partial charge in [0.15, 0.2) is 10.8 Å². The van der Waals surface area contributed by atoms with Crippen molar-refractivity contribution in [3.8, 4) is 0 Å². The molecular formula is C9H9ClN4OS. The number of thioether (sulfide) groups is 1. The van der Waals surface area contributed by atoms with E-state index in [-0.39, 0.29) is 10.7 Å². The summed E-state index contributed by atoms with van der Waals surface area (Å²) in [5, 5.41) is 3.90. The molecule has 2 aromatic rings. The summed E-state index contributed by atoms with van der Waals surface area (Å²) < 4.78 is 1.39. The first kappa shape index (κ1) is 11.2. The average Bonchev–Trinajstić information content (AvgIpc) is 2.56. The number of hydrogen-bond donors (Lipinski definition) is 1. The standard InChI is InChI=1S/C9H9ClN4OS/c1-3-4-14-8(15)5-6(10)11-9(16-2)12-7(5)13-14/h3H,1,4H2,2H3,(H,11,12,13). The minimum absolute atomic E-state index is 0.179. The predicted octanol–water partition coefficient (Wildman–Crippen LogP) is 1.68. The van der Waals surface area contributed by atoms with Gasteiger partial charge in [0.2, 0.25) is 0 Å². The van der Waals surface area contributed by atoms with Crippen LogP contribution in [0.2, 0.25) is 5.15 Å². The molecular weight excluding hydrogens is 248 g/mol. The number of fused-ring (bicyclic) bond motifs is 1. The highest BCUT2D eigenvalue weighted by molar-refractivity contribution is 7.98. The minimum atomic E-state index is -0.229. The second-order valence-corrected chi connectivity index (χ2v) is 4.17. The summed E-state index contributed by atoms with van der Waals surface area (Å²) >= 11 is 7.30. The van der Waals surface area contributed by atoms with Crippen LogP contribution in [0.3, 0.4) is 0 Å². The molecule has 0 aromatic carbocycles. The maximum Gasteiger partial charge on any atom is 0.279 e. The third kappa shape index (κ3) is 1.74. The van der Waals surface area contributed by atoms with Crippen LogP contribution in [0.4, 0.5) is 0 Å². The number of aromatic amines is 1. The van der Waals surface area contributed by atoms with Crippen molar-refractivity contribution in [3.05, 3.63) is 28.2 Å². The second-order valence-electron chi connectivity index (χ2n) is 3.04. The second kappa shape index (κ2) is 4.31. The van der Waals surface area contributed by atoms with Crippen molar-refractivity contribution >= 4 is 34.4 Å². The van der Waals surface area contributed by atoms with Crippen LogP contribution in [-0.4, -0.2) is 26.0 Å². The third-order valence-electron chi connectivity index (χ3n) is 2.04. The van der Waals surface area contributed by atoms with Gasteiger partial charge < -0.3 is 0 Å². The van der Waals surface area contributed by atoms with Crippen molar-refractivity contribution in [2.75, 3.05) is 6.26 Å². The Morgan fingerprint density at radius 2 is 2.38 bits per heavy atom. The van der Waals surface area contributed by atoms with E-state index in [0.29, 0.717) is 22.7 Å². The monoisotopic (exact) mass is 256 g/mol. The number of hydrogen-bond acceptors (Lipinski definition) is 4. The number of rotatable bonds is 3. The molecule has 0 saturated heterocycles. The summed E-state index contributed by atoms with van der Waals surface area (Å²) in [5.41, 5.74) is 0.226. The van der Waals surface area contributed by atoms with Crippen LogP contribution < -0.4 is 5.56 Å². The number of allylic oxidation sites excluding steroid dienone is 1. The van der Waals surface area contributed by atoms with Gasteiger partial charge in [-0.15, -0.1) is 6.58 Å². The number of nitrogens with one attached hydrogen (secondary N) is 1. The van der Waals surface area contributed by atoms with Crippen LogP contribution in [0.25, 0.3) is 11.0 Å². The Morgan fingerprint density at radius 1 is 1.62 bits per heavy atom. The van der Waals surface area contributed by atoms with Crippen LogP contribution in [0.5, 0.6) is 0 Å². The first-order valence-electron chi connectivity index (χ1n) is 4.48. The van der Waals surface area contributed by atoms with Gasteiger partial charge in [0.05, 0.1) is 6.54 Å². The van der Waals surface area contributed by atoms with Gasteiger partial charge in [-0.3, -0.25) is 9.89 Å². The fraction of sp³-hybridized carbons (Fsp3) is 0.222. The predicted molar refractivity (Wildman–Crippen MR) is 65.1 cm³/mol. The Morgan fingerprint density at radius 3 is 3.00 bits per heavy atom. The van der Waals surface area contributed by atoms with Crippen LogP contribution in [0, 0.1) is 0 Å². The fourth-order valence-electron chi connectivity index (χ4n) is 1.35. The van der Waals surface area contributed by atoms with Gasteiger partial charge in [-0.1, -0.05) is 29.4 Å². The quantitative estimate of drug-likeness (QED) is 0.393. The van der Waals surface area contributed by atoms with E-state index in [1.54, 1.807) is 6.08 Å². The summed E-state index contributed by atoms with van der Waals surface area (Å²) in [7, 11) is 0. The molecule has 0 bridgehead atoms. The highest BCUT2D eigenvalue weighted by Gasteiger charge is 2.13. The Hall–Kier alpha value is -1.27. The molecule has 0 aliphatic heterocycles. The molecule has 7 heteroatoms. The van der Waals surface area contributed by atoms with E-state index in [9.17, 15) is 4.79 Å². The molecule has 0 spiro atoms. The summed E-state index contributed by atoms with van der Waals surface area (Å²) in [6, 6.07) is 0. The highest BCUT2D eigenvalue weighted by atomic mass is 35.5.